The quantitative estimate of drug-likeness (QED) is 0.701. The first-order chi connectivity index (χ1) is 12.6. The maximum Gasteiger partial charge on any atom is 0.223 e. The Bertz CT molecular complexity index is 432. The van der Waals surface area contributed by atoms with Crippen LogP contribution in [-0.2, 0) is 14.4 Å². The van der Waals surface area contributed by atoms with Crippen molar-refractivity contribution in [2.75, 3.05) is 19.6 Å². The molecular formula is C21H39N3O3. The van der Waals surface area contributed by atoms with E-state index >= 15 is 0 Å². The van der Waals surface area contributed by atoms with E-state index in [0.29, 0.717) is 17.8 Å². The van der Waals surface area contributed by atoms with Gasteiger partial charge in [0.1, 0.15) is 0 Å². The Hall–Kier alpha value is -1.59. The third-order valence-corrected chi connectivity index (χ3v) is 5.69. The molecule has 0 spiro atoms. The van der Waals surface area contributed by atoms with E-state index in [-0.39, 0.29) is 35.5 Å². The molecule has 0 aromatic carbocycles. The summed E-state index contributed by atoms with van der Waals surface area (Å²) in [6.07, 6.45) is 3.07. The van der Waals surface area contributed by atoms with Crippen LogP contribution in [0.2, 0.25) is 0 Å². The minimum Gasteiger partial charge on any atom is -0.356 e. The molecule has 156 valence electrons. The molecule has 0 bridgehead atoms. The van der Waals surface area contributed by atoms with Gasteiger partial charge in [-0.05, 0) is 37.0 Å². The zero-order valence-corrected chi connectivity index (χ0v) is 17.9. The SMILES string of the molecule is CC(C)C1CCNC1=O.CC(C)[C@@H]1CCNC1=O.CC(C)[C@H]1CCNC1=O. The lowest BCUT2D eigenvalue weighted by Crippen LogP contribution is -2.22. The first kappa shape index (κ1) is 23.4. The molecule has 0 saturated carbocycles. The van der Waals surface area contributed by atoms with Gasteiger partial charge >= 0.3 is 0 Å². The van der Waals surface area contributed by atoms with E-state index in [1.165, 1.54) is 0 Å². The Labute approximate surface area is 164 Å². The number of carbonyl (C=O) groups is 3. The van der Waals surface area contributed by atoms with Crippen molar-refractivity contribution in [3.8, 4) is 0 Å². The lowest BCUT2D eigenvalue weighted by atomic mass is 9.95. The Balaban J connectivity index is 0.000000202. The molecule has 3 N–H and O–H groups in total. The fraction of sp³-hybridized carbons (Fsp3) is 0.857. The predicted molar refractivity (Wildman–Crippen MR) is 108 cm³/mol. The van der Waals surface area contributed by atoms with Crippen molar-refractivity contribution in [3.63, 3.8) is 0 Å². The van der Waals surface area contributed by atoms with Crippen molar-refractivity contribution in [1.29, 1.82) is 0 Å². The van der Waals surface area contributed by atoms with Gasteiger partial charge in [-0.1, -0.05) is 41.5 Å². The standard InChI is InChI=1S/3C7H13NO/c3*1-5(2)6-3-4-8-7(6)9/h3*5-6H,3-4H2,1-2H3,(H,8,9)/t2*6-;/m10./s1. The molecule has 3 aliphatic rings. The molecule has 3 saturated heterocycles. The van der Waals surface area contributed by atoms with E-state index in [4.69, 9.17) is 0 Å². The van der Waals surface area contributed by atoms with Gasteiger partial charge in [0, 0.05) is 37.4 Å². The third-order valence-electron chi connectivity index (χ3n) is 5.69. The van der Waals surface area contributed by atoms with E-state index in [2.05, 4.69) is 57.5 Å². The van der Waals surface area contributed by atoms with E-state index < -0.39 is 0 Å². The normalized spacial score (nSPS) is 27.0. The summed E-state index contributed by atoms with van der Waals surface area (Å²) in [5, 5.41) is 8.44. The smallest absolute Gasteiger partial charge is 0.223 e. The maximum atomic E-state index is 10.9. The highest BCUT2D eigenvalue weighted by Crippen LogP contribution is 2.19. The Morgan fingerprint density at radius 1 is 0.556 bits per heavy atom. The van der Waals surface area contributed by atoms with Gasteiger partial charge in [-0.25, -0.2) is 0 Å². The molecule has 3 aliphatic heterocycles. The third kappa shape index (κ3) is 7.51. The van der Waals surface area contributed by atoms with Gasteiger partial charge in [0.25, 0.3) is 0 Å². The predicted octanol–water partition coefficient (Wildman–Crippen LogP) is 2.34. The van der Waals surface area contributed by atoms with Crippen LogP contribution in [0.1, 0.15) is 60.8 Å². The summed E-state index contributed by atoms with van der Waals surface area (Å²) < 4.78 is 0. The highest BCUT2D eigenvalue weighted by molar-refractivity contribution is 5.81. The first-order valence-corrected chi connectivity index (χ1v) is 10.5. The van der Waals surface area contributed by atoms with Gasteiger partial charge in [-0.2, -0.15) is 0 Å². The Morgan fingerprint density at radius 2 is 0.778 bits per heavy atom. The Kier molecular flexibility index (Phi) is 9.81. The largest absolute Gasteiger partial charge is 0.356 e. The second-order valence-corrected chi connectivity index (χ2v) is 8.79. The number of amides is 3. The van der Waals surface area contributed by atoms with Crippen LogP contribution in [0, 0.1) is 35.5 Å². The van der Waals surface area contributed by atoms with Gasteiger partial charge in [0.2, 0.25) is 17.7 Å². The van der Waals surface area contributed by atoms with Crippen molar-refractivity contribution in [3.05, 3.63) is 0 Å². The van der Waals surface area contributed by atoms with Crippen LogP contribution >= 0.6 is 0 Å². The van der Waals surface area contributed by atoms with Crippen LogP contribution < -0.4 is 16.0 Å². The molecule has 3 rings (SSSR count). The minimum atomic E-state index is 0.241. The lowest BCUT2D eigenvalue weighted by Gasteiger charge is -2.08. The topological polar surface area (TPSA) is 87.3 Å². The first-order valence-electron chi connectivity index (χ1n) is 10.5. The van der Waals surface area contributed by atoms with Crippen LogP contribution in [0.25, 0.3) is 0 Å². The fourth-order valence-electron chi connectivity index (χ4n) is 3.75. The second-order valence-electron chi connectivity index (χ2n) is 8.79. The molecule has 6 nitrogen and oxygen atoms in total. The number of nitrogens with one attached hydrogen (secondary N) is 3. The highest BCUT2D eigenvalue weighted by Gasteiger charge is 2.27. The summed E-state index contributed by atoms with van der Waals surface area (Å²) in [6, 6.07) is 0. The number of hydrogen-bond donors (Lipinski definition) is 3. The summed E-state index contributed by atoms with van der Waals surface area (Å²) in [6.45, 7) is 15.2. The van der Waals surface area contributed by atoms with Crippen molar-refractivity contribution in [2.24, 2.45) is 35.5 Å². The number of rotatable bonds is 3. The highest BCUT2D eigenvalue weighted by atomic mass is 16.2. The summed E-state index contributed by atoms with van der Waals surface area (Å²) in [5.41, 5.74) is 0. The second kappa shape index (κ2) is 11.3. The zero-order chi connectivity index (χ0) is 20.6. The van der Waals surface area contributed by atoms with E-state index in [9.17, 15) is 14.4 Å². The van der Waals surface area contributed by atoms with Crippen LogP contribution in [-0.4, -0.2) is 37.4 Å². The lowest BCUT2D eigenvalue weighted by molar-refractivity contribution is -0.124. The molecule has 0 aromatic heterocycles. The molecule has 3 amide bonds. The summed E-state index contributed by atoms with van der Waals surface area (Å²) in [7, 11) is 0. The fourth-order valence-corrected chi connectivity index (χ4v) is 3.75. The molecule has 6 heteroatoms. The molecule has 0 aromatic rings. The van der Waals surface area contributed by atoms with Crippen LogP contribution in [0.5, 0.6) is 0 Å². The Morgan fingerprint density at radius 3 is 0.852 bits per heavy atom. The van der Waals surface area contributed by atoms with E-state index in [1.807, 2.05) is 0 Å². The maximum absolute atomic E-state index is 10.9. The van der Waals surface area contributed by atoms with Gasteiger partial charge in [-0.3, -0.25) is 14.4 Å². The van der Waals surface area contributed by atoms with Gasteiger partial charge in [0.05, 0.1) is 0 Å². The molecule has 0 aliphatic carbocycles. The molecule has 3 heterocycles. The van der Waals surface area contributed by atoms with Crippen LogP contribution in [0.4, 0.5) is 0 Å². The molecule has 27 heavy (non-hydrogen) atoms. The number of carbonyl (C=O) groups excluding carboxylic acids is 3. The number of hydrogen-bond acceptors (Lipinski definition) is 3. The van der Waals surface area contributed by atoms with Gasteiger partial charge < -0.3 is 16.0 Å². The van der Waals surface area contributed by atoms with Crippen molar-refractivity contribution in [2.45, 2.75) is 60.8 Å². The average molecular weight is 382 g/mol. The summed E-state index contributed by atoms with van der Waals surface area (Å²) >= 11 is 0. The molecular weight excluding hydrogens is 342 g/mol. The monoisotopic (exact) mass is 381 g/mol. The molecule has 1 unspecified atom stereocenters. The van der Waals surface area contributed by atoms with Crippen LogP contribution in [0.15, 0.2) is 0 Å². The van der Waals surface area contributed by atoms with Crippen molar-refractivity contribution >= 4 is 17.7 Å². The zero-order valence-electron chi connectivity index (χ0n) is 17.9. The van der Waals surface area contributed by atoms with Crippen molar-refractivity contribution in [1.82, 2.24) is 16.0 Å². The summed E-state index contributed by atoms with van der Waals surface area (Å²) in [4.78, 5) is 32.7. The van der Waals surface area contributed by atoms with E-state index in [1.54, 1.807) is 0 Å². The van der Waals surface area contributed by atoms with Gasteiger partial charge in [-0.15, -0.1) is 0 Å². The average Bonchev–Trinajstić information content (AvgIpc) is 3.29. The van der Waals surface area contributed by atoms with Gasteiger partial charge in [0.15, 0.2) is 0 Å². The van der Waals surface area contributed by atoms with Crippen LogP contribution in [0.3, 0.4) is 0 Å². The molecule has 0 radical (unpaired) electrons. The van der Waals surface area contributed by atoms with Crippen molar-refractivity contribution < 1.29 is 14.4 Å². The minimum absolute atomic E-state index is 0.241. The van der Waals surface area contributed by atoms with E-state index in [0.717, 1.165) is 38.9 Å². The molecule has 3 fully saturated rings. The molecule has 3 atom stereocenters. The summed E-state index contributed by atoms with van der Waals surface area (Å²) in [5.74, 6) is 3.09.